The van der Waals surface area contributed by atoms with Gasteiger partial charge < -0.3 is 5.32 Å². The maximum atomic E-state index is 12.5. The second-order valence-corrected chi connectivity index (χ2v) is 7.49. The molecule has 0 saturated carbocycles. The Hall–Kier alpha value is -1.50. The number of carbonyl (C=O) groups excluding carboxylic acids is 1. The molecule has 2 aromatic rings. The number of anilines is 1. The molecular formula is C15H11BrN2OS2. The minimum Gasteiger partial charge on any atom is -0.327 e. The summed E-state index contributed by atoms with van der Waals surface area (Å²) in [7, 11) is 0. The van der Waals surface area contributed by atoms with E-state index in [1.165, 1.54) is 4.90 Å². The first-order valence-electron chi connectivity index (χ1n) is 6.24. The summed E-state index contributed by atoms with van der Waals surface area (Å²) in [5.41, 5.74) is 2.41. The highest BCUT2D eigenvalue weighted by molar-refractivity contribution is 9.11. The Morgan fingerprint density at radius 2 is 1.95 bits per heavy atom. The Kier molecular flexibility index (Phi) is 3.93. The molecule has 1 N–H and O–H groups in total. The summed E-state index contributed by atoms with van der Waals surface area (Å²) in [6, 6.07) is 11.6. The molecule has 0 spiro atoms. The maximum Gasteiger partial charge on any atom is 0.281 e. The summed E-state index contributed by atoms with van der Waals surface area (Å²) < 4.78 is 1.03. The second-order valence-electron chi connectivity index (χ2n) is 4.61. The molecule has 1 aliphatic heterocycles. The molecule has 21 heavy (non-hydrogen) atoms. The first kappa shape index (κ1) is 14.4. The normalized spacial score (nSPS) is 16.7. The third-order valence-corrected chi connectivity index (χ3v) is 4.91. The molecule has 3 nitrogen and oxygen atoms in total. The predicted molar refractivity (Wildman–Crippen MR) is 94.4 cm³/mol. The molecule has 1 aromatic heterocycles. The summed E-state index contributed by atoms with van der Waals surface area (Å²) >= 11 is 10.3. The Morgan fingerprint density at radius 3 is 2.57 bits per heavy atom. The molecule has 2 heterocycles. The lowest BCUT2D eigenvalue weighted by molar-refractivity contribution is -0.113. The van der Waals surface area contributed by atoms with Gasteiger partial charge in [0.05, 0.1) is 9.47 Å². The van der Waals surface area contributed by atoms with E-state index in [2.05, 4.69) is 21.2 Å². The molecule has 6 heteroatoms. The van der Waals surface area contributed by atoms with Gasteiger partial charge in [-0.15, -0.1) is 11.3 Å². The Bertz CT molecular complexity index is 749. The van der Waals surface area contributed by atoms with Crippen LogP contribution >= 0.6 is 39.5 Å². The van der Waals surface area contributed by atoms with Gasteiger partial charge in [-0.2, -0.15) is 0 Å². The molecule has 0 atom stereocenters. The van der Waals surface area contributed by atoms with Crippen LogP contribution in [0.2, 0.25) is 0 Å². The second kappa shape index (κ2) is 5.71. The van der Waals surface area contributed by atoms with E-state index in [0.717, 1.165) is 19.9 Å². The van der Waals surface area contributed by atoms with Crippen molar-refractivity contribution in [1.29, 1.82) is 0 Å². The van der Waals surface area contributed by atoms with Crippen LogP contribution in [0.15, 0.2) is 45.9 Å². The van der Waals surface area contributed by atoms with Gasteiger partial charge in [0, 0.05) is 4.88 Å². The van der Waals surface area contributed by atoms with E-state index in [0.29, 0.717) is 10.8 Å². The fourth-order valence-corrected chi connectivity index (χ4v) is 3.68. The van der Waals surface area contributed by atoms with Crippen molar-refractivity contribution in [3.8, 4) is 0 Å². The average Bonchev–Trinajstić information content (AvgIpc) is 2.96. The van der Waals surface area contributed by atoms with Crippen LogP contribution in [0.4, 0.5) is 5.69 Å². The monoisotopic (exact) mass is 378 g/mol. The van der Waals surface area contributed by atoms with Crippen molar-refractivity contribution in [1.82, 2.24) is 5.32 Å². The number of halogens is 1. The lowest BCUT2D eigenvalue weighted by atomic mass is 10.2. The number of benzene rings is 1. The van der Waals surface area contributed by atoms with Crippen molar-refractivity contribution in [3.05, 3.63) is 56.3 Å². The van der Waals surface area contributed by atoms with Crippen LogP contribution in [0.1, 0.15) is 10.4 Å². The molecular weight excluding hydrogens is 368 g/mol. The first-order valence-corrected chi connectivity index (χ1v) is 8.25. The van der Waals surface area contributed by atoms with Gasteiger partial charge in [0.25, 0.3) is 5.91 Å². The minimum atomic E-state index is -0.131. The van der Waals surface area contributed by atoms with Crippen molar-refractivity contribution in [3.63, 3.8) is 0 Å². The number of thiocarbonyl (C=S) groups is 1. The average molecular weight is 379 g/mol. The fourth-order valence-electron chi connectivity index (χ4n) is 2.01. The van der Waals surface area contributed by atoms with Crippen LogP contribution in [0.3, 0.4) is 0 Å². The van der Waals surface area contributed by atoms with Gasteiger partial charge in [0.2, 0.25) is 0 Å². The van der Waals surface area contributed by atoms with E-state index in [4.69, 9.17) is 12.2 Å². The largest absolute Gasteiger partial charge is 0.327 e. The van der Waals surface area contributed by atoms with Crippen molar-refractivity contribution in [2.45, 2.75) is 6.92 Å². The van der Waals surface area contributed by atoms with E-state index < -0.39 is 0 Å². The van der Waals surface area contributed by atoms with Gasteiger partial charge in [-0.3, -0.25) is 9.69 Å². The van der Waals surface area contributed by atoms with Gasteiger partial charge in [0.15, 0.2) is 5.11 Å². The van der Waals surface area contributed by atoms with E-state index in [1.807, 2.05) is 49.4 Å². The summed E-state index contributed by atoms with van der Waals surface area (Å²) in [6.07, 6.45) is 1.82. The van der Waals surface area contributed by atoms with Crippen LogP contribution in [0, 0.1) is 6.92 Å². The Balaban J connectivity index is 1.92. The van der Waals surface area contributed by atoms with Crippen molar-refractivity contribution in [2.24, 2.45) is 0 Å². The third-order valence-electron chi connectivity index (χ3n) is 3.05. The molecule has 0 aliphatic carbocycles. The summed E-state index contributed by atoms with van der Waals surface area (Å²) in [5, 5.41) is 3.39. The molecule has 1 saturated heterocycles. The SMILES string of the molecule is Cc1ccc(N2C(=O)/C(=C\c3ccc(Br)s3)NC2=S)cc1. The number of aryl methyl sites for hydroxylation is 1. The van der Waals surface area contributed by atoms with Crippen LogP contribution < -0.4 is 10.2 Å². The van der Waals surface area contributed by atoms with Gasteiger partial charge in [-0.25, -0.2) is 0 Å². The lowest BCUT2D eigenvalue weighted by Crippen LogP contribution is -2.30. The van der Waals surface area contributed by atoms with Crippen molar-refractivity contribution >= 4 is 62.3 Å². The molecule has 1 amide bonds. The van der Waals surface area contributed by atoms with Gasteiger partial charge in [-0.1, -0.05) is 17.7 Å². The lowest BCUT2D eigenvalue weighted by Gasteiger charge is -2.13. The molecule has 3 rings (SSSR count). The van der Waals surface area contributed by atoms with Crippen LogP contribution in [-0.2, 0) is 4.79 Å². The highest BCUT2D eigenvalue weighted by Gasteiger charge is 2.31. The number of hydrogen-bond donors (Lipinski definition) is 1. The fraction of sp³-hybridized carbons (Fsp3) is 0.0667. The number of hydrogen-bond acceptors (Lipinski definition) is 3. The molecule has 1 aromatic carbocycles. The zero-order valence-electron chi connectivity index (χ0n) is 11.1. The van der Waals surface area contributed by atoms with E-state index in [1.54, 1.807) is 11.3 Å². The molecule has 0 bridgehead atoms. The summed E-state index contributed by atoms with van der Waals surface area (Å²) in [6.45, 7) is 2.01. The highest BCUT2D eigenvalue weighted by Crippen LogP contribution is 2.27. The topological polar surface area (TPSA) is 32.3 Å². The number of amides is 1. The number of rotatable bonds is 2. The standard InChI is InChI=1S/C15H11BrN2OS2/c1-9-2-4-10(5-3-9)18-14(19)12(17-15(18)20)8-11-6-7-13(16)21-11/h2-8H,1H3,(H,17,20)/b12-8+. The predicted octanol–water partition coefficient (Wildman–Crippen LogP) is 4.08. The Morgan fingerprint density at radius 1 is 1.24 bits per heavy atom. The van der Waals surface area contributed by atoms with Crippen LogP contribution in [0.5, 0.6) is 0 Å². The third kappa shape index (κ3) is 2.92. The molecule has 1 aliphatic rings. The quantitative estimate of drug-likeness (QED) is 0.631. The molecule has 0 radical (unpaired) electrons. The maximum absolute atomic E-state index is 12.5. The number of thiophene rings is 1. The first-order chi connectivity index (χ1) is 10.0. The summed E-state index contributed by atoms with van der Waals surface area (Å²) in [4.78, 5) is 15.0. The van der Waals surface area contributed by atoms with E-state index in [9.17, 15) is 4.79 Å². The van der Waals surface area contributed by atoms with E-state index in [-0.39, 0.29) is 5.91 Å². The van der Waals surface area contributed by atoms with Gasteiger partial charge in [0.1, 0.15) is 5.70 Å². The number of nitrogens with zero attached hydrogens (tertiary/aromatic N) is 1. The van der Waals surface area contributed by atoms with Crippen LogP contribution in [0.25, 0.3) is 6.08 Å². The number of nitrogens with one attached hydrogen (secondary N) is 1. The zero-order chi connectivity index (χ0) is 15.0. The van der Waals surface area contributed by atoms with Crippen molar-refractivity contribution < 1.29 is 4.79 Å². The molecule has 0 unspecified atom stereocenters. The molecule has 106 valence electrons. The van der Waals surface area contributed by atoms with Gasteiger partial charge in [-0.05, 0) is 65.4 Å². The highest BCUT2D eigenvalue weighted by atomic mass is 79.9. The minimum absolute atomic E-state index is 0.131. The van der Waals surface area contributed by atoms with E-state index >= 15 is 0 Å². The van der Waals surface area contributed by atoms with Gasteiger partial charge >= 0.3 is 0 Å². The zero-order valence-corrected chi connectivity index (χ0v) is 14.3. The number of carbonyl (C=O) groups is 1. The molecule has 1 fully saturated rings. The smallest absolute Gasteiger partial charge is 0.281 e. The van der Waals surface area contributed by atoms with Crippen molar-refractivity contribution in [2.75, 3.05) is 4.90 Å². The van der Waals surface area contributed by atoms with Crippen LogP contribution in [-0.4, -0.2) is 11.0 Å². The Labute approximate surface area is 140 Å². The summed E-state index contributed by atoms with van der Waals surface area (Å²) in [5.74, 6) is -0.131.